The number of aliphatic hydroxyl groups is 2. The molecule has 10 nitrogen and oxygen atoms in total. The second kappa shape index (κ2) is 9.48. The molecule has 5 rings (SSSR count). The summed E-state index contributed by atoms with van der Waals surface area (Å²) in [6, 6.07) is 3.42. The largest absolute Gasteiger partial charge is 0.463 e. The molecular formula is C25H35N5O5. The van der Waals surface area contributed by atoms with E-state index in [2.05, 4.69) is 21.8 Å². The summed E-state index contributed by atoms with van der Waals surface area (Å²) in [4.78, 5) is 20.5. The SMILES string of the molecule is C=NC[C@@]1(c2ccc3c(N)ncnn23)O[C@H](COC(=O)CC2CCC3(CCCC3)CC2)[C@@H](O)[C@H]1O. The number of rotatable bonds is 7. The van der Waals surface area contributed by atoms with Crippen molar-refractivity contribution in [3.63, 3.8) is 0 Å². The van der Waals surface area contributed by atoms with Gasteiger partial charge in [-0.1, -0.05) is 12.8 Å². The first kappa shape index (κ1) is 24.1. The Hall–Kier alpha value is -2.56. The van der Waals surface area contributed by atoms with Crippen LogP contribution in [0.25, 0.3) is 5.52 Å². The van der Waals surface area contributed by atoms with Crippen molar-refractivity contribution < 1.29 is 24.5 Å². The number of nitrogen functional groups attached to an aromatic ring is 1. The fourth-order valence-corrected chi connectivity index (χ4v) is 6.47. The van der Waals surface area contributed by atoms with Crippen molar-refractivity contribution in [1.82, 2.24) is 14.6 Å². The average molecular weight is 486 g/mol. The molecule has 2 saturated carbocycles. The quantitative estimate of drug-likeness (QED) is 0.399. The molecule has 0 unspecified atom stereocenters. The van der Waals surface area contributed by atoms with Gasteiger partial charge in [0.2, 0.25) is 0 Å². The minimum absolute atomic E-state index is 0.0322. The number of aliphatic imine (C=N–C) groups is 1. The van der Waals surface area contributed by atoms with Crippen LogP contribution >= 0.6 is 0 Å². The molecule has 2 aliphatic carbocycles. The molecule has 1 aliphatic heterocycles. The smallest absolute Gasteiger partial charge is 0.306 e. The maximum absolute atomic E-state index is 12.6. The molecule has 3 heterocycles. The molecule has 4 N–H and O–H groups in total. The molecule has 0 radical (unpaired) electrons. The normalized spacial score (nSPS) is 30.7. The van der Waals surface area contributed by atoms with Gasteiger partial charge in [0.05, 0.1) is 12.2 Å². The first-order valence-corrected chi connectivity index (χ1v) is 12.6. The molecule has 0 aromatic carbocycles. The number of aliphatic hydroxyl groups excluding tert-OH is 2. The minimum Gasteiger partial charge on any atom is -0.463 e. The number of anilines is 1. The number of fused-ring (bicyclic) bond motifs is 1. The van der Waals surface area contributed by atoms with Crippen LogP contribution in [0.4, 0.5) is 5.82 Å². The van der Waals surface area contributed by atoms with Crippen molar-refractivity contribution in [3.05, 3.63) is 24.2 Å². The highest BCUT2D eigenvalue weighted by Gasteiger charge is 2.57. The molecule has 2 aromatic rings. The first-order chi connectivity index (χ1) is 16.9. The molecular weight excluding hydrogens is 450 g/mol. The molecule has 0 bridgehead atoms. The Balaban J connectivity index is 1.23. The predicted octanol–water partition coefficient (Wildman–Crippen LogP) is 2.01. The Labute approximate surface area is 204 Å². The highest BCUT2D eigenvalue weighted by atomic mass is 16.6. The Bertz CT molecular complexity index is 1070. The Morgan fingerprint density at radius 2 is 2.00 bits per heavy atom. The second-order valence-electron chi connectivity index (χ2n) is 10.6. The maximum Gasteiger partial charge on any atom is 0.306 e. The van der Waals surface area contributed by atoms with E-state index < -0.39 is 23.9 Å². The lowest BCUT2D eigenvalue weighted by Gasteiger charge is -2.37. The van der Waals surface area contributed by atoms with Crippen LogP contribution in [0.2, 0.25) is 0 Å². The Kier molecular flexibility index (Phi) is 6.54. The average Bonchev–Trinajstić information content (AvgIpc) is 3.55. The van der Waals surface area contributed by atoms with Crippen molar-refractivity contribution >= 4 is 24.0 Å². The number of hydrogen-bond donors (Lipinski definition) is 3. The van der Waals surface area contributed by atoms with Crippen LogP contribution in [0.3, 0.4) is 0 Å². The van der Waals surface area contributed by atoms with Gasteiger partial charge in [-0.3, -0.25) is 9.79 Å². The summed E-state index contributed by atoms with van der Waals surface area (Å²) >= 11 is 0. The van der Waals surface area contributed by atoms with Gasteiger partial charge < -0.3 is 25.4 Å². The van der Waals surface area contributed by atoms with Gasteiger partial charge in [0.15, 0.2) is 11.4 Å². The number of carbonyl (C=O) groups is 1. The zero-order valence-electron chi connectivity index (χ0n) is 20.0. The van der Waals surface area contributed by atoms with Gasteiger partial charge in [-0.15, -0.1) is 0 Å². The van der Waals surface area contributed by atoms with Gasteiger partial charge in [0, 0.05) is 6.42 Å². The third-order valence-corrected chi connectivity index (χ3v) is 8.50. The lowest BCUT2D eigenvalue weighted by molar-refractivity contribution is -0.153. The van der Waals surface area contributed by atoms with E-state index in [1.807, 2.05) is 0 Å². The number of ether oxygens (including phenoxy) is 2. The highest BCUT2D eigenvalue weighted by Crippen LogP contribution is 2.50. The van der Waals surface area contributed by atoms with Crippen LogP contribution in [0, 0.1) is 11.3 Å². The van der Waals surface area contributed by atoms with Gasteiger partial charge >= 0.3 is 5.97 Å². The van der Waals surface area contributed by atoms with E-state index in [0.29, 0.717) is 29.0 Å². The maximum atomic E-state index is 12.6. The predicted molar refractivity (Wildman–Crippen MR) is 129 cm³/mol. The number of nitrogens with zero attached hydrogens (tertiary/aromatic N) is 4. The van der Waals surface area contributed by atoms with E-state index in [-0.39, 0.29) is 24.9 Å². The summed E-state index contributed by atoms with van der Waals surface area (Å²) in [6.45, 7) is 3.36. The van der Waals surface area contributed by atoms with Gasteiger partial charge in [0.1, 0.15) is 36.8 Å². The van der Waals surface area contributed by atoms with E-state index in [0.717, 1.165) is 12.8 Å². The number of carbonyl (C=O) groups excluding carboxylic acids is 1. The van der Waals surface area contributed by atoms with Gasteiger partial charge in [-0.25, -0.2) is 9.50 Å². The molecule has 0 amide bonds. The van der Waals surface area contributed by atoms with E-state index in [1.165, 1.54) is 49.4 Å². The summed E-state index contributed by atoms with van der Waals surface area (Å²) in [5, 5.41) is 26.1. The molecule has 1 saturated heterocycles. The summed E-state index contributed by atoms with van der Waals surface area (Å²) in [5.41, 5.74) is 6.04. The molecule has 1 spiro atoms. The zero-order valence-corrected chi connectivity index (χ0v) is 20.0. The fraction of sp³-hybridized carbons (Fsp3) is 0.680. The van der Waals surface area contributed by atoms with Crippen LogP contribution in [0.15, 0.2) is 23.5 Å². The highest BCUT2D eigenvalue weighted by molar-refractivity contribution is 5.69. The third-order valence-electron chi connectivity index (χ3n) is 8.50. The van der Waals surface area contributed by atoms with Crippen LogP contribution in [-0.2, 0) is 19.9 Å². The molecule has 10 heteroatoms. The summed E-state index contributed by atoms with van der Waals surface area (Å²) in [7, 11) is 0. The number of aromatic nitrogens is 3. The van der Waals surface area contributed by atoms with Gasteiger partial charge in [0.25, 0.3) is 0 Å². The Morgan fingerprint density at radius 3 is 2.71 bits per heavy atom. The molecule has 35 heavy (non-hydrogen) atoms. The molecule has 2 aromatic heterocycles. The van der Waals surface area contributed by atoms with E-state index in [4.69, 9.17) is 15.2 Å². The van der Waals surface area contributed by atoms with Crippen molar-refractivity contribution in [2.24, 2.45) is 16.3 Å². The first-order valence-electron chi connectivity index (χ1n) is 12.6. The second-order valence-corrected chi connectivity index (χ2v) is 10.6. The number of hydrogen-bond acceptors (Lipinski definition) is 9. The van der Waals surface area contributed by atoms with E-state index >= 15 is 0 Å². The zero-order chi connectivity index (χ0) is 24.6. The summed E-state index contributed by atoms with van der Waals surface area (Å²) in [6.07, 6.45) is 8.02. The minimum atomic E-state index is -1.43. The van der Waals surface area contributed by atoms with Gasteiger partial charge in [-0.05, 0) is 68.7 Å². The monoisotopic (exact) mass is 485 g/mol. The number of nitrogens with two attached hydrogens (primary N) is 1. The summed E-state index contributed by atoms with van der Waals surface area (Å²) < 4.78 is 13.2. The fourth-order valence-electron chi connectivity index (χ4n) is 6.47. The van der Waals surface area contributed by atoms with Crippen LogP contribution < -0.4 is 5.73 Å². The van der Waals surface area contributed by atoms with Crippen molar-refractivity contribution in [1.29, 1.82) is 0 Å². The standard InChI is InChI=1S/C25H35N5O5/c1-27-14-25(19-5-4-17-23(26)28-15-29-30(17)19)22(33)21(32)18(35-25)13-34-20(31)12-16-6-10-24(11-7-16)8-2-3-9-24/h4-5,15-16,18,21-22,32-33H,1-3,6-14H2,(H2,26,28,29)/t18-,21-,22-,25+/m1/s1. The summed E-state index contributed by atoms with van der Waals surface area (Å²) in [5.74, 6) is 0.318. The van der Waals surface area contributed by atoms with Crippen LogP contribution in [0.5, 0.6) is 0 Å². The topological polar surface area (TPSA) is 145 Å². The number of esters is 1. The van der Waals surface area contributed by atoms with Crippen molar-refractivity contribution in [2.75, 3.05) is 18.9 Å². The lowest BCUT2D eigenvalue weighted by atomic mass is 9.69. The van der Waals surface area contributed by atoms with Crippen LogP contribution in [0.1, 0.15) is 63.5 Å². The van der Waals surface area contributed by atoms with Crippen molar-refractivity contribution in [3.8, 4) is 0 Å². The van der Waals surface area contributed by atoms with E-state index in [9.17, 15) is 15.0 Å². The van der Waals surface area contributed by atoms with E-state index in [1.54, 1.807) is 12.1 Å². The van der Waals surface area contributed by atoms with Gasteiger partial charge in [-0.2, -0.15) is 5.10 Å². The molecule has 3 aliphatic rings. The third kappa shape index (κ3) is 4.32. The Morgan fingerprint density at radius 1 is 1.26 bits per heavy atom. The van der Waals surface area contributed by atoms with Crippen LogP contribution in [-0.4, -0.2) is 69.0 Å². The molecule has 3 fully saturated rings. The van der Waals surface area contributed by atoms with Crippen molar-refractivity contribution in [2.45, 2.75) is 81.7 Å². The molecule has 190 valence electrons. The molecule has 4 atom stereocenters. The lowest BCUT2D eigenvalue weighted by Crippen LogP contribution is -2.44.